The summed E-state index contributed by atoms with van der Waals surface area (Å²) in [5, 5.41) is 33.6. The lowest BCUT2D eigenvalue weighted by Crippen LogP contribution is -2.35. The summed E-state index contributed by atoms with van der Waals surface area (Å²) in [5.41, 5.74) is 15.3. The van der Waals surface area contributed by atoms with Crippen LogP contribution in [0.3, 0.4) is 0 Å². The van der Waals surface area contributed by atoms with Crippen molar-refractivity contribution in [3.8, 4) is 28.4 Å². The Morgan fingerprint density at radius 2 is 0.842 bits per heavy atom. The number of methoxy groups -OCH3 is 1. The molecule has 0 saturated heterocycles. The van der Waals surface area contributed by atoms with Crippen LogP contribution in [0.2, 0.25) is 5.02 Å². The van der Waals surface area contributed by atoms with E-state index in [0.717, 1.165) is 69.8 Å². The van der Waals surface area contributed by atoms with Crippen LogP contribution < -0.4 is 39.3 Å². The Kier molecular flexibility index (Phi) is 29.9. The number of aromatic amines is 5. The van der Waals surface area contributed by atoms with Gasteiger partial charge in [-0.25, -0.2) is 48.3 Å². The van der Waals surface area contributed by atoms with E-state index in [9.17, 15) is 47.9 Å². The summed E-state index contributed by atoms with van der Waals surface area (Å²) in [4.78, 5) is 155. The summed E-state index contributed by atoms with van der Waals surface area (Å²) in [6.45, 7) is 11.3. The van der Waals surface area contributed by atoms with E-state index in [2.05, 4.69) is 75.3 Å². The highest BCUT2D eigenvalue weighted by atomic mass is 35.5. The molecule has 0 spiro atoms. The first kappa shape index (κ1) is 88.2. The molecule has 2 amide bonds. The number of nitrogens with two attached hydrogens (primary N) is 2. The number of ketones is 1. The summed E-state index contributed by atoms with van der Waals surface area (Å²) >= 11 is 11.8. The third-order valence-electron chi connectivity index (χ3n) is 16.8. The first-order chi connectivity index (χ1) is 57.7. The lowest BCUT2D eigenvalue weighted by atomic mass is 10.2. The predicted molar refractivity (Wildman–Crippen MR) is 458 cm³/mol. The molecule has 0 bridgehead atoms. The molecular formula is C78H77ClN22O14S5. The third kappa shape index (κ3) is 22.2. The number of fused-ring (bicyclic) bond motifs is 5. The number of hydrogen-bond donors (Lipinski definition) is 8. The molecule has 1 unspecified atom stereocenters. The Morgan fingerprint density at radius 1 is 0.483 bits per heavy atom. The molecule has 0 aliphatic carbocycles. The Hall–Kier alpha value is -12.6. The van der Waals surface area contributed by atoms with Crippen LogP contribution in [0, 0.1) is 0 Å². The van der Waals surface area contributed by atoms with E-state index in [1.54, 1.807) is 71.5 Å². The predicted octanol–water partition coefficient (Wildman–Crippen LogP) is 8.67. The zero-order valence-electron chi connectivity index (χ0n) is 65.0. The van der Waals surface area contributed by atoms with Gasteiger partial charge >= 0.3 is 11.9 Å². The fraction of sp³-hybridized carbons (Fsp3) is 0.231. The highest BCUT2D eigenvalue weighted by molar-refractivity contribution is 8.01. The maximum absolute atomic E-state index is 12.3. The summed E-state index contributed by atoms with van der Waals surface area (Å²) in [7, 11) is 1.33. The largest absolute Gasteiger partial charge is 0.468 e. The first-order valence-electron chi connectivity index (χ1n) is 36.4. The minimum atomic E-state index is -0.888. The first-order valence-corrected chi connectivity index (χ1v) is 41.3. The molecule has 36 nitrogen and oxygen atoms in total. The SMILES string of the molecule is CC(C)(Sc1nc2c(cnn2-c2ccccc2)c(=O)[nH]1)C(N)=O.CCC(Sc1nc2c(cnn2-c2cccc(Cl)c2)c(=O)[nH]1)C(N)=O.CCOC(=O)CC(=O)CSc1nc2c(cnn2-c2ccccc2)c(=O)[nH]1.COC(=O)C(C)(C)Sc1nc2c(cnn2-c2ccccc2)c(=O)[nH]1.O=c1[nH]c(SCCOCCO)nc2c1cnn2-c1ccccc1. The van der Waals surface area contributed by atoms with Crippen LogP contribution in [0.15, 0.2) is 226 Å². The van der Waals surface area contributed by atoms with Gasteiger partial charge in [0.05, 0.1) is 109 Å². The molecule has 0 radical (unpaired) electrons. The smallest absolute Gasteiger partial charge is 0.321 e. The molecule has 0 aliphatic rings. The van der Waals surface area contributed by atoms with Gasteiger partial charge in [-0.3, -0.25) is 47.9 Å². The van der Waals surface area contributed by atoms with E-state index in [-0.39, 0.29) is 64.1 Å². The van der Waals surface area contributed by atoms with Gasteiger partial charge in [0.25, 0.3) is 27.8 Å². The van der Waals surface area contributed by atoms with Crippen molar-refractivity contribution in [2.45, 2.75) is 94.9 Å². The van der Waals surface area contributed by atoms with Crippen molar-refractivity contribution in [2.75, 3.05) is 45.0 Å². The van der Waals surface area contributed by atoms with E-state index in [1.807, 2.05) is 134 Å². The van der Waals surface area contributed by atoms with Gasteiger partial charge in [0, 0.05) is 10.8 Å². The van der Waals surface area contributed by atoms with Crippen LogP contribution >= 0.6 is 70.4 Å². The van der Waals surface area contributed by atoms with Gasteiger partial charge in [0.1, 0.15) is 38.1 Å². The lowest BCUT2D eigenvalue weighted by Gasteiger charge is -2.19. The van der Waals surface area contributed by atoms with E-state index in [4.69, 9.17) is 42.4 Å². The number of amides is 2. The quantitative estimate of drug-likeness (QED) is 0.00784. The van der Waals surface area contributed by atoms with Gasteiger partial charge in [0.2, 0.25) is 11.8 Å². The molecule has 0 saturated carbocycles. The Bertz CT molecular complexity index is 6480. The van der Waals surface area contributed by atoms with Crippen molar-refractivity contribution in [3.63, 3.8) is 0 Å². The van der Waals surface area contributed by atoms with Crippen molar-refractivity contribution >= 4 is 155 Å². The Balaban J connectivity index is 0.000000147. The second-order valence-corrected chi connectivity index (χ2v) is 33.0. The molecule has 120 heavy (non-hydrogen) atoms. The molecule has 1 atom stereocenters. The monoisotopic (exact) mass is 1740 g/mol. The van der Waals surface area contributed by atoms with Crippen molar-refractivity contribution in [1.82, 2.24) is 98.7 Å². The zero-order chi connectivity index (χ0) is 85.8. The van der Waals surface area contributed by atoms with E-state index in [0.29, 0.717) is 112 Å². The molecule has 620 valence electrons. The van der Waals surface area contributed by atoms with E-state index >= 15 is 0 Å². The van der Waals surface area contributed by atoms with E-state index < -0.39 is 38.5 Å². The van der Waals surface area contributed by atoms with Gasteiger partial charge in [0.15, 0.2) is 59.8 Å². The van der Waals surface area contributed by atoms with Gasteiger partial charge in [-0.15, -0.1) is 0 Å². The van der Waals surface area contributed by atoms with Crippen LogP contribution in [0.1, 0.15) is 54.4 Å². The van der Waals surface area contributed by atoms with Crippen molar-refractivity contribution < 1.29 is 43.3 Å². The summed E-state index contributed by atoms with van der Waals surface area (Å²) in [5.74, 6) is -1.55. The molecule has 10 N–H and O–H groups in total. The number of thioether (sulfide) groups is 5. The number of hydrogen-bond acceptors (Lipinski definition) is 29. The molecule has 15 rings (SSSR count). The van der Waals surface area contributed by atoms with Gasteiger partial charge in [-0.05, 0) is 108 Å². The number of Topliss-reactive ketones (excluding diaryl/α,β-unsaturated/α-hetero) is 1. The summed E-state index contributed by atoms with van der Waals surface area (Å²) in [6.07, 6.45) is 7.61. The van der Waals surface area contributed by atoms with Crippen LogP contribution in [0.5, 0.6) is 0 Å². The number of primary amides is 2. The molecule has 42 heteroatoms. The number of esters is 2. The number of carbonyl (C=O) groups excluding carboxylic acids is 5. The molecular weight excluding hydrogens is 1660 g/mol. The third-order valence-corrected chi connectivity index (χ3v) is 22.2. The number of rotatable bonds is 27. The number of para-hydroxylation sites is 4. The summed E-state index contributed by atoms with van der Waals surface area (Å²) in [6, 6.07) is 44.7. The number of carbonyl (C=O) groups is 5. The lowest BCUT2D eigenvalue weighted by molar-refractivity contribution is -0.145. The van der Waals surface area contributed by atoms with Crippen molar-refractivity contribution in [3.05, 3.63) is 233 Å². The summed E-state index contributed by atoms with van der Waals surface area (Å²) < 4.78 is 20.9. The highest BCUT2D eigenvalue weighted by Gasteiger charge is 2.32. The molecule has 15 aromatic rings. The number of nitrogens with zero attached hydrogens (tertiary/aromatic N) is 15. The zero-order valence-corrected chi connectivity index (χ0v) is 69.9. The number of benzene rings is 5. The number of H-pyrrole nitrogens is 5. The van der Waals surface area contributed by atoms with Gasteiger partial charge < -0.3 is 55.7 Å². The minimum absolute atomic E-state index is 0.00195. The average molecular weight is 1740 g/mol. The Labute approximate surface area is 705 Å². The fourth-order valence-electron chi connectivity index (χ4n) is 10.8. The molecule has 0 aliphatic heterocycles. The minimum Gasteiger partial charge on any atom is -0.468 e. The molecule has 10 heterocycles. The van der Waals surface area contributed by atoms with Crippen LogP contribution in [-0.4, -0.2) is 193 Å². The van der Waals surface area contributed by atoms with Crippen LogP contribution in [0.25, 0.3) is 83.6 Å². The van der Waals surface area contributed by atoms with Crippen LogP contribution in [-0.2, 0) is 38.2 Å². The maximum atomic E-state index is 12.3. The molecule has 10 aromatic heterocycles. The van der Waals surface area contributed by atoms with Gasteiger partial charge in [-0.1, -0.05) is 156 Å². The number of aliphatic hydroxyl groups is 1. The average Bonchev–Trinajstić information content (AvgIpc) is 1.33. The van der Waals surface area contributed by atoms with Crippen LogP contribution in [0.4, 0.5) is 0 Å². The highest BCUT2D eigenvalue weighted by Crippen LogP contribution is 2.33. The Morgan fingerprint density at radius 3 is 1.21 bits per heavy atom. The number of nitrogens with one attached hydrogen (secondary N) is 5. The number of aromatic nitrogens is 20. The second-order valence-electron chi connectivity index (χ2n) is 26.1. The standard InChI is InChI=1S/C17H16N4O4S.C16H16N4O3S.C15H14ClN5O2S.C15H15N5O2S.C15H16N4O3S/c1-2-25-14(23)8-12(22)10-26-17-19-15-13(16(24)20-17)9-18-21(15)11-6-4-3-5-7-11;1-16(2,14(22)23-3)24-15-18-12-11(13(21)19-15)9-17-20(12)10-7-5-4-6-8-10;1-2-11(12(17)22)24-15-19-13-10(14(23)20-15)7-18-21(13)9-5-3-4-8(16)6-9;1-15(2,13(16)22)23-14-18-11-10(12(21)19-14)8-17-20(11)9-6-4-3-5-7-9;20-6-7-22-8-9-23-15-17-13-12(14(21)18-15)10-16-19(13)11-4-2-1-3-5-11/h3-7,9H,2,8,10H2,1H3,(H,19,20,24);4-9H,1-3H3,(H,18,19,21);3-7,11H,2H2,1H3,(H2,17,22)(H,19,20,23);3-8H,1-2H3,(H2,16,22)(H,18,19,21);1-5,10,20H,6-9H2,(H,17,18,21). The molecule has 5 aromatic carbocycles. The maximum Gasteiger partial charge on any atom is 0.321 e. The number of ether oxygens (including phenoxy) is 3. The number of halogens is 1. The van der Waals surface area contributed by atoms with Crippen molar-refractivity contribution in [2.24, 2.45) is 11.5 Å². The topological polar surface area (TPSA) is 503 Å². The van der Waals surface area contributed by atoms with Gasteiger partial charge in [-0.2, -0.15) is 25.5 Å². The van der Waals surface area contributed by atoms with E-state index in [1.165, 1.54) is 54.5 Å². The fourth-order valence-corrected chi connectivity index (χ4v) is 15.1. The van der Waals surface area contributed by atoms with Crippen molar-refractivity contribution in [1.29, 1.82) is 0 Å². The normalized spacial score (nSPS) is 11.5. The molecule has 0 fully saturated rings. The number of aliphatic hydroxyl groups excluding tert-OH is 1. The second kappa shape index (κ2) is 40.7.